The van der Waals surface area contributed by atoms with Crippen LogP contribution >= 0.6 is 0 Å². The lowest BCUT2D eigenvalue weighted by Gasteiger charge is -2.33. The van der Waals surface area contributed by atoms with Gasteiger partial charge in [0.05, 0.1) is 6.10 Å². The number of rotatable bonds is 3. The van der Waals surface area contributed by atoms with Crippen molar-refractivity contribution in [2.45, 2.75) is 20.0 Å². The largest absolute Gasteiger partial charge is 0.389 e. The van der Waals surface area contributed by atoms with Gasteiger partial charge in [-0.1, -0.05) is 6.07 Å². The molecule has 2 heterocycles. The van der Waals surface area contributed by atoms with Crippen molar-refractivity contribution in [3.8, 4) is 0 Å². The van der Waals surface area contributed by atoms with E-state index in [1.165, 1.54) is 0 Å². The van der Waals surface area contributed by atoms with Gasteiger partial charge < -0.3 is 14.9 Å². The molecule has 1 saturated heterocycles. The molecule has 1 aliphatic rings. The van der Waals surface area contributed by atoms with E-state index in [4.69, 9.17) is 0 Å². The first-order valence-corrected chi connectivity index (χ1v) is 6.21. The average molecular weight is 249 g/mol. The van der Waals surface area contributed by atoms with Gasteiger partial charge in [-0.25, -0.2) is 4.98 Å². The first-order valence-electron chi connectivity index (χ1n) is 6.21. The maximum Gasteiger partial charge on any atom is 0.209 e. The third-order valence-electron chi connectivity index (χ3n) is 3.35. The molecule has 0 saturated carbocycles. The van der Waals surface area contributed by atoms with Crippen molar-refractivity contribution in [3.05, 3.63) is 23.4 Å². The summed E-state index contributed by atoms with van der Waals surface area (Å²) in [5, 5.41) is 9.57. The van der Waals surface area contributed by atoms with Gasteiger partial charge in [-0.3, -0.25) is 4.79 Å². The van der Waals surface area contributed by atoms with Crippen molar-refractivity contribution >= 4 is 12.2 Å². The van der Waals surface area contributed by atoms with Crippen LogP contribution in [0.25, 0.3) is 0 Å². The Morgan fingerprint density at radius 1 is 1.33 bits per heavy atom. The minimum Gasteiger partial charge on any atom is -0.389 e. The summed E-state index contributed by atoms with van der Waals surface area (Å²) in [6.45, 7) is 6.74. The Labute approximate surface area is 107 Å². The van der Waals surface area contributed by atoms with E-state index in [0.717, 1.165) is 49.7 Å². The molecule has 18 heavy (non-hydrogen) atoms. The molecule has 5 nitrogen and oxygen atoms in total. The summed E-state index contributed by atoms with van der Waals surface area (Å²) in [4.78, 5) is 19.1. The zero-order chi connectivity index (χ0) is 13.1. The van der Waals surface area contributed by atoms with Crippen molar-refractivity contribution in [3.63, 3.8) is 0 Å². The minimum atomic E-state index is -0.488. The number of aryl methyl sites for hydroxylation is 1. The Balaban J connectivity index is 2.10. The summed E-state index contributed by atoms with van der Waals surface area (Å²) in [5.74, 6) is 0.919. The zero-order valence-electron chi connectivity index (χ0n) is 10.8. The number of aliphatic hydroxyl groups is 1. The molecule has 1 N–H and O–H groups in total. The number of pyridine rings is 1. The number of hydrogen-bond donors (Lipinski definition) is 1. The van der Waals surface area contributed by atoms with Gasteiger partial charge >= 0.3 is 0 Å². The van der Waals surface area contributed by atoms with Gasteiger partial charge in [-0.15, -0.1) is 0 Å². The first kappa shape index (κ1) is 12.8. The molecule has 0 aliphatic carbocycles. The van der Waals surface area contributed by atoms with Gasteiger partial charge in [0.2, 0.25) is 6.41 Å². The lowest BCUT2D eigenvalue weighted by molar-refractivity contribution is -0.118. The van der Waals surface area contributed by atoms with Crippen LogP contribution in [0, 0.1) is 6.92 Å². The third-order valence-corrected chi connectivity index (χ3v) is 3.35. The van der Waals surface area contributed by atoms with Crippen molar-refractivity contribution < 1.29 is 9.90 Å². The molecule has 2 rings (SSSR count). The van der Waals surface area contributed by atoms with Crippen LogP contribution in [0.4, 0.5) is 5.82 Å². The number of piperazine rings is 1. The summed E-state index contributed by atoms with van der Waals surface area (Å²) in [6, 6.07) is 3.86. The number of carbonyl (C=O) groups excluding carboxylic acids is 1. The Bertz CT molecular complexity index is 426. The highest BCUT2D eigenvalue weighted by Crippen LogP contribution is 2.20. The molecule has 1 aromatic rings. The second-order valence-corrected chi connectivity index (χ2v) is 4.65. The molecule has 5 heteroatoms. The third kappa shape index (κ3) is 2.61. The summed E-state index contributed by atoms with van der Waals surface area (Å²) in [7, 11) is 0. The molecule has 1 aromatic heterocycles. The van der Waals surface area contributed by atoms with Crippen LogP contribution < -0.4 is 4.90 Å². The zero-order valence-corrected chi connectivity index (χ0v) is 10.8. The maximum atomic E-state index is 10.6. The van der Waals surface area contributed by atoms with Crippen LogP contribution in [-0.4, -0.2) is 47.6 Å². The Hall–Kier alpha value is -1.62. The summed E-state index contributed by atoms with van der Waals surface area (Å²) in [6.07, 6.45) is 0.408. The lowest BCUT2D eigenvalue weighted by Crippen LogP contribution is -2.46. The average Bonchev–Trinajstić information content (AvgIpc) is 2.38. The normalized spacial score (nSPS) is 17.7. The molecule has 0 aromatic carbocycles. The Kier molecular flexibility index (Phi) is 3.81. The second-order valence-electron chi connectivity index (χ2n) is 4.65. The smallest absolute Gasteiger partial charge is 0.209 e. The topological polar surface area (TPSA) is 56.7 Å². The highest BCUT2D eigenvalue weighted by molar-refractivity contribution is 5.49. The Morgan fingerprint density at radius 3 is 2.50 bits per heavy atom. The fourth-order valence-corrected chi connectivity index (χ4v) is 2.23. The van der Waals surface area contributed by atoms with Crippen LogP contribution in [0.15, 0.2) is 12.1 Å². The summed E-state index contributed by atoms with van der Waals surface area (Å²) in [5.41, 5.74) is 1.73. The molecule has 1 unspecified atom stereocenters. The molecule has 1 amide bonds. The van der Waals surface area contributed by atoms with E-state index in [2.05, 4.69) is 9.88 Å². The van der Waals surface area contributed by atoms with Crippen molar-refractivity contribution in [2.24, 2.45) is 0 Å². The molecule has 1 fully saturated rings. The second kappa shape index (κ2) is 5.35. The monoisotopic (exact) mass is 249 g/mol. The first-order chi connectivity index (χ1) is 8.61. The molecule has 1 atom stereocenters. The molecule has 0 spiro atoms. The number of aromatic nitrogens is 1. The van der Waals surface area contributed by atoms with Crippen LogP contribution in [0.3, 0.4) is 0 Å². The molecule has 0 radical (unpaired) electrons. The van der Waals surface area contributed by atoms with E-state index in [1.54, 1.807) is 11.8 Å². The van der Waals surface area contributed by atoms with Gasteiger partial charge in [0.1, 0.15) is 5.82 Å². The molecule has 98 valence electrons. The number of amides is 1. The molecular weight excluding hydrogens is 230 g/mol. The molecule has 0 bridgehead atoms. The summed E-state index contributed by atoms with van der Waals surface area (Å²) < 4.78 is 0. The standard InChI is InChI=1S/C13H19N3O2/c1-10-12(11(2)18)3-4-13(14-10)16-7-5-15(9-17)6-8-16/h3-4,9,11,18H,5-8H2,1-2H3. The molecular formula is C13H19N3O2. The van der Waals surface area contributed by atoms with E-state index in [1.807, 2.05) is 19.1 Å². The number of hydrogen-bond acceptors (Lipinski definition) is 4. The van der Waals surface area contributed by atoms with Gasteiger partial charge in [0, 0.05) is 37.4 Å². The van der Waals surface area contributed by atoms with Crippen LogP contribution in [0.2, 0.25) is 0 Å². The fourth-order valence-electron chi connectivity index (χ4n) is 2.23. The highest BCUT2D eigenvalue weighted by Gasteiger charge is 2.17. The van der Waals surface area contributed by atoms with Crippen LogP contribution in [-0.2, 0) is 4.79 Å². The predicted molar refractivity (Wildman–Crippen MR) is 69.5 cm³/mol. The van der Waals surface area contributed by atoms with Crippen LogP contribution in [0.1, 0.15) is 24.3 Å². The number of carbonyl (C=O) groups is 1. The minimum absolute atomic E-state index is 0.488. The van der Waals surface area contributed by atoms with E-state index in [0.29, 0.717) is 0 Å². The number of aliphatic hydroxyl groups excluding tert-OH is 1. The number of anilines is 1. The van der Waals surface area contributed by atoms with Gasteiger partial charge in [0.25, 0.3) is 0 Å². The van der Waals surface area contributed by atoms with Crippen molar-refractivity contribution in [1.29, 1.82) is 0 Å². The van der Waals surface area contributed by atoms with Crippen LogP contribution in [0.5, 0.6) is 0 Å². The predicted octanol–water partition coefficient (Wildman–Crippen LogP) is 0.722. The van der Waals surface area contributed by atoms with Gasteiger partial charge in [-0.05, 0) is 19.9 Å². The van der Waals surface area contributed by atoms with E-state index in [9.17, 15) is 9.90 Å². The lowest BCUT2D eigenvalue weighted by atomic mass is 10.1. The van der Waals surface area contributed by atoms with Crippen molar-refractivity contribution in [1.82, 2.24) is 9.88 Å². The van der Waals surface area contributed by atoms with Gasteiger partial charge in [0.15, 0.2) is 0 Å². The van der Waals surface area contributed by atoms with Crippen molar-refractivity contribution in [2.75, 3.05) is 31.1 Å². The van der Waals surface area contributed by atoms with Gasteiger partial charge in [-0.2, -0.15) is 0 Å². The maximum absolute atomic E-state index is 10.6. The quantitative estimate of drug-likeness (QED) is 0.802. The van der Waals surface area contributed by atoms with E-state index >= 15 is 0 Å². The highest BCUT2D eigenvalue weighted by atomic mass is 16.3. The fraction of sp³-hybridized carbons (Fsp3) is 0.538. The van der Waals surface area contributed by atoms with E-state index in [-0.39, 0.29) is 0 Å². The van der Waals surface area contributed by atoms with E-state index < -0.39 is 6.10 Å². The Morgan fingerprint density at radius 2 is 2.00 bits per heavy atom. The summed E-state index contributed by atoms with van der Waals surface area (Å²) >= 11 is 0. The SMILES string of the molecule is Cc1nc(N2CCN(C=O)CC2)ccc1C(C)O. The molecule has 1 aliphatic heterocycles. The number of nitrogens with zero attached hydrogens (tertiary/aromatic N) is 3.